The van der Waals surface area contributed by atoms with E-state index in [0.29, 0.717) is 41.9 Å². The Morgan fingerprint density at radius 1 is 1.09 bits per heavy atom. The van der Waals surface area contributed by atoms with Crippen LogP contribution in [0.25, 0.3) is 17.3 Å². The van der Waals surface area contributed by atoms with Crippen molar-refractivity contribution in [2.24, 2.45) is 0 Å². The van der Waals surface area contributed by atoms with Crippen LogP contribution < -0.4 is 14.8 Å². The summed E-state index contributed by atoms with van der Waals surface area (Å²) >= 11 is 13.6. The highest BCUT2D eigenvalue weighted by atomic mass is 35.5. The van der Waals surface area contributed by atoms with Gasteiger partial charge in [0.05, 0.1) is 10.2 Å². The number of hydrogen-bond donors (Lipinski definition) is 0. The standard InChI is InChI=1S/C25H19Cl2N5OS/c26-17-11-10-16(20(27)14-17)13-21-24(33)32(18-7-3-1-4-8-18)25(34-21)19(15-28)23-30-29-22-9-5-2-6-12-31(22)23/h1,3-4,7-8,10-11,13-14H,2,5-6,9,12H2/b21-13+,25-19-. The van der Waals surface area contributed by atoms with Crippen molar-refractivity contribution in [1.29, 1.82) is 5.26 Å². The molecule has 2 aromatic carbocycles. The van der Waals surface area contributed by atoms with Crippen molar-refractivity contribution in [3.05, 3.63) is 95.3 Å². The van der Waals surface area contributed by atoms with Gasteiger partial charge >= 0.3 is 0 Å². The molecule has 0 fully saturated rings. The van der Waals surface area contributed by atoms with Crippen LogP contribution in [0.2, 0.25) is 10.0 Å². The van der Waals surface area contributed by atoms with Gasteiger partial charge in [0.25, 0.3) is 5.56 Å². The van der Waals surface area contributed by atoms with E-state index < -0.39 is 0 Å². The summed E-state index contributed by atoms with van der Waals surface area (Å²) in [6, 6.07) is 16.7. The molecule has 0 amide bonds. The molecule has 1 aliphatic rings. The molecule has 3 heterocycles. The number of para-hydroxylation sites is 1. The minimum absolute atomic E-state index is 0.236. The molecule has 0 N–H and O–H groups in total. The van der Waals surface area contributed by atoms with Crippen LogP contribution in [0.3, 0.4) is 0 Å². The molecular formula is C25H19Cl2N5OS. The number of thiazole rings is 1. The molecule has 0 atom stereocenters. The molecule has 170 valence electrons. The van der Waals surface area contributed by atoms with E-state index in [1.54, 1.807) is 28.8 Å². The maximum absolute atomic E-state index is 13.6. The minimum Gasteiger partial charge on any atom is -0.310 e. The third kappa shape index (κ3) is 4.21. The number of nitriles is 1. The number of hydrogen-bond acceptors (Lipinski definition) is 5. The molecule has 9 heteroatoms. The Morgan fingerprint density at radius 2 is 1.91 bits per heavy atom. The third-order valence-electron chi connectivity index (χ3n) is 5.75. The summed E-state index contributed by atoms with van der Waals surface area (Å²) in [6.07, 6.45) is 5.72. The van der Waals surface area contributed by atoms with Crippen molar-refractivity contribution in [1.82, 2.24) is 19.3 Å². The van der Waals surface area contributed by atoms with E-state index in [-0.39, 0.29) is 5.56 Å². The number of aryl methyl sites for hydroxylation is 1. The Morgan fingerprint density at radius 3 is 2.68 bits per heavy atom. The van der Waals surface area contributed by atoms with E-state index in [9.17, 15) is 10.1 Å². The van der Waals surface area contributed by atoms with Gasteiger partial charge in [-0.3, -0.25) is 9.36 Å². The molecule has 0 unspecified atom stereocenters. The fourth-order valence-corrected chi connectivity index (χ4v) is 5.64. The van der Waals surface area contributed by atoms with E-state index in [1.807, 2.05) is 34.9 Å². The Balaban J connectivity index is 1.83. The molecule has 0 radical (unpaired) electrons. The van der Waals surface area contributed by atoms with Crippen molar-refractivity contribution < 1.29 is 0 Å². The van der Waals surface area contributed by atoms with Gasteiger partial charge in [-0.05, 0) is 48.7 Å². The summed E-state index contributed by atoms with van der Waals surface area (Å²) in [5.74, 6) is 1.38. The lowest BCUT2D eigenvalue weighted by Crippen LogP contribution is -2.31. The zero-order chi connectivity index (χ0) is 23.7. The van der Waals surface area contributed by atoms with Crippen LogP contribution in [-0.4, -0.2) is 19.3 Å². The number of nitrogens with zero attached hydrogens (tertiary/aromatic N) is 5. The SMILES string of the molecule is N#C/C(c1nnc2n1CCCCC2)=c1/s/c(=C/c2ccc(Cl)cc2Cl)c(=O)n1-c1ccccc1. The lowest BCUT2D eigenvalue weighted by molar-refractivity contribution is 0.627. The van der Waals surface area contributed by atoms with Crippen molar-refractivity contribution in [3.8, 4) is 11.8 Å². The lowest BCUT2D eigenvalue weighted by Gasteiger charge is -2.07. The van der Waals surface area contributed by atoms with Gasteiger partial charge in [0, 0.05) is 23.0 Å². The fourth-order valence-electron chi connectivity index (χ4n) is 4.08. The van der Waals surface area contributed by atoms with Crippen LogP contribution in [0.4, 0.5) is 0 Å². The molecule has 0 saturated heterocycles. The second kappa shape index (κ2) is 9.59. The fraction of sp³-hybridized carbons (Fsp3) is 0.200. The Kier molecular flexibility index (Phi) is 6.38. The van der Waals surface area contributed by atoms with Crippen LogP contribution in [0.15, 0.2) is 53.3 Å². The third-order valence-corrected chi connectivity index (χ3v) is 7.40. The van der Waals surface area contributed by atoms with Gasteiger partial charge in [0.1, 0.15) is 22.1 Å². The predicted molar refractivity (Wildman–Crippen MR) is 135 cm³/mol. The predicted octanol–water partition coefficient (Wildman–Crippen LogP) is 4.08. The highest BCUT2D eigenvalue weighted by Crippen LogP contribution is 2.22. The zero-order valence-corrected chi connectivity index (χ0v) is 20.4. The van der Waals surface area contributed by atoms with E-state index >= 15 is 0 Å². The number of aromatic nitrogens is 4. The molecule has 0 saturated carbocycles. The second-order valence-corrected chi connectivity index (χ2v) is 9.82. The van der Waals surface area contributed by atoms with Crippen LogP contribution in [0, 0.1) is 11.3 Å². The second-order valence-electron chi connectivity index (χ2n) is 7.95. The lowest BCUT2D eigenvalue weighted by atomic mass is 10.2. The maximum atomic E-state index is 13.6. The summed E-state index contributed by atoms with van der Waals surface area (Å²) < 4.78 is 4.54. The molecular weight excluding hydrogens is 489 g/mol. The number of benzene rings is 2. The van der Waals surface area contributed by atoms with E-state index in [2.05, 4.69) is 16.3 Å². The van der Waals surface area contributed by atoms with Crippen LogP contribution in [-0.2, 0) is 13.0 Å². The van der Waals surface area contributed by atoms with Gasteiger partial charge in [-0.25, -0.2) is 0 Å². The molecule has 0 aliphatic carbocycles. The van der Waals surface area contributed by atoms with Gasteiger partial charge in [-0.2, -0.15) is 5.26 Å². The van der Waals surface area contributed by atoms with Crippen molar-refractivity contribution >= 4 is 46.2 Å². The van der Waals surface area contributed by atoms with Crippen molar-refractivity contribution in [2.45, 2.75) is 32.2 Å². The molecule has 1 aliphatic heterocycles. The first-order valence-corrected chi connectivity index (χ1v) is 12.4. The van der Waals surface area contributed by atoms with Gasteiger partial charge in [-0.15, -0.1) is 21.5 Å². The molecule has 4 aromatic rings. The van der Waals surface area contributed by atoms with Crippen LogP contribution >= 0.6 is 34.5 Å². The number of rotatable bonds is 3. The highest BCUT2D eigenvalue weighted by molar-refractivity contribution is 7.07. The first-order valence-electron chi connectivity index (χ1n) is 10.9. The van der Waals surface area contributed by atoms with Crippen molar-refractivity contribution in [3.63, 3.8) is 0 Å². The van der Waals surface area contributed by atoms with E-state index in [1.165, 1.54) is 11.3 Å². The summed E-state index contributed by atoms with van der Waals surface area (Å²) in [5.41, 5.74) is 1.43. The van der Waals surface area contributed by atoms with Crippen molar-refractivity contribution in [2.75, 3.05) is 0 Å². The van der Waals surface area contributed by atoms with Gasteiger partial charge in [0.2, 0.25) is 0 Å². The van der Waals surface area contributed by atoms with Gasteiger partial charge in [-0.1, -0.05) is 53.9 Å². The Labute approximate surface area is 209 Å². The molecule has 2 aromatic heterocycles. The van der Waals surface area contributed by atoms with E-state index in [0.717, 1.165) is 38.1 Å². The van der Waals surface area contributed by atoms with Gasteiger partial charge in [0.15, 0.2) is 5.82 Å². The molecule has 0 bridgehead atoms. The average Bonchev–Trinajstić information content (AvgIpc) is 3.28. The van der Waals surface area contributed by atoms with Gasteiger partial charge < -0.3 is 4.57 Å². The average molecular weight is 508 g/mol. The molecule has 0 spiro atoms. The summed E-state index contributed by atoms with van der Waals surface area (Å²) in [6.45, 7) is 0.753. The quantitative estimate of drug-likeness (QED) is 0.418. The Bertz CT molecular complexity index is 1590. The summed E-state index contributed by atoms with van der Waals surface area (Å²) in [5, 5.41) is 19.9. The van der Waals surface area contributed by atoms with Crippen LogP contribution in [0.5, 0.6) is 0 Å². The van der Waals surface area contributed by atoms with Crippen LogP contribution in [0.1, 0.15) is 36.5 Å². The summed E-state index contributed by atoms with van der Waals surface area (Å²) in [7, 11) is 0. The van der Waals surface area contributed by atoms with E-state index in [4.69, 9.17) is 23.2 Å². The zero-order valence-electron chi connectivity index (χ0n) is 18.0. The summed E-state index contributed by atoms with van der Waals surface area (Å²) in [4.78, 5) is 13.6. The smallest absolute Gasteiger partial charge is 0.273 e. The normalized spacial score (nSPS) is 14.9. The first-order chi connectivity index (χ1) is 16.6. The maximum Gasteiger partial charge on any atom is 0.273 e. The first kappa shape index (κ1) is 22.6. The molecule has 34 heavy (non-hydrogen) atoms. The minimum atomic E-state index is -0.236. The Hall–Kier alpha value is -3.18. The topological polar surface area (TPSA) is 76.5 Å². The molecule has 5 rings (SSSR count). The largest absolute Gasteiger partial charge is 0.310 e. The highest BCUT2D eigenvalue weighted by Gasteiger charge is 2.21. The monoisotopic (exact) mass is 507 g/mol. The molecule has 6 nitrogen and oxygen atoms in total. The number of fused-ring (bicyclic) bond motifs is 1. The number of halogens is 2.